The van der Waals surface area contributed by atoms with E-state index in [9.17, 15) is 4.79 Å². The third kappa shape index (κ3) is 3.50. The highest BCUT2D eigenvalue weighted by molar-refractivity contribution is 5.83. The lowest BCUT2D eigenvalue weighted by Gasteiger charge is -2.40. The van der Waals surface area contributed by atoms with Crippen LogP contribution < -0.4 is 5.32 Å². The molecule has 2 aliphatic rings. The molecule has 1 aromatic carbocycles. The average Bonchev–Trinajstić information content (AvgIpc) is 2.57. The molecular weight excluding hydrogens is 274 g/mol. The van der Waals surface area contributed by atoms with E-state index in [2.05, 4.69) is 29.3 Å². The Morgan fingerprint density at radius 1 is 1.18 bits per heavy atom. The Kier molecular flexibility index (Phi) is 5.11. The number of nitrogens with zero attached hydrogens (tertiary/aromatic N) is 2. The van der Waals surface area contributed by atoms with E-state index in [0.717, 1.165) is 44.8 Å². The lowest BCUT2D eigenvalue weighted by Crippen LogP contribution is -2.52. The predicted molar refractivity (Wildman–Crippen MR) is 88.6 cm³/mol. The van der Waals surface area contributed by atoms with Gasteiger partial charge in [0.15, 0.2) is 0 Å². The van der Waals surface area contributed by atoms with Gasteiger partial charge in [-0.25, -0.2) is 0 Å². The molecule has 1 amide bonds. The maximum absolute atomic E-state index is 13.2. The molecule has 4 heteroatoms. The van der Waals surface area contributed by atoms with Gasteiger partial charge in [-0.15, -0.1) is 0 Å². The molecule has 1 N–H and O–H groups in total. The molecule has 1 aromatic rings. The summed E-state index contributed by atoms with van der Waals surface area (Å²) in [5.74, 6) is 0.956. The molecule has 2 atom stereocenters. The minimum atomic E-state index is -0.109. The van der Waals surface area contributed by atoms with Crippen molar-refractivity contribution in [2.75, 3.05) is 39.3 Å². The Morgan fingerprint density at radius 3 is 2.59 bits per heavy atom. The fourth-order valence-corrected chi connectivity index (χ4v) is 3.66. The van der Waals surface area contributed by atoms with Crippen molar-refractivity contribution in [1.29, 1.82) is 0 Å². The van der Waals surface area contributed by atoms with Gasteiger partial charge in [0, 0.05) is 32.7 Å². The average molecular weight is 301 g/mol. The number of piperazine rings is 1. The molecule has 4 nitrogen and oxygen atoms in total. The number of benzene rings is 1. The first-order valence-electron chi connectivity index (χ1n) is 8.54. The minimum absolute atomic E-state index is 0.109. The van der Waals surface area contributed by atoms with Crippen LogP contribution in [-0.2, 0) is 4.79 Å². The normalized spacial score (nSPS) is 25.0. The molecular formula is C18H27N3O. The Balaban J connectivity index is 1.83. The summed E-state index contributed by atoms with van der Waals surface area (Å²) in [6.07, 6.45) is 2.47. The van der Waals surface area contributed by atoms with E-state index in [-0.39, 0.29) is 11.9 Å². The van der Waals surface area contributed by atoms with Crippen LogP contribution in [-0.4, -0.2) is 55.0 Å². The number of rotatable bonds is 3. The Morgan fingerprint density at radius 2 is 1.91 bits per heavy atom. The SMILES string of the molecule is CC1CCCN(C(C(=O)N2CCNCC2)c2ccccc2)C1. The zero-order chi connectivity index (χ0) is 15.4. The van der Waals surface area contributed by atoms with Crippen LogP contribution >= 0.6 is 0 Å². The number of hydrogen-bond acceptors (Lipinski definition) is 3. The first-order valence-corrected chi connectivity index (χ1v) is 8.54. The molecule has 0 spiro atoms. The van der Waals surface area contributed by atoms with Crippen LogP contribution in [0.1, 0.15) is 31.4 Å². The van der Waals surface area contributed by atoms with Gasteiger partial charge in [0.1, 0.15) is 6.04 Å². The van der Waals surface area contributed by atoms with E-state index in [4.69, 9.17) is 0 Å². The second kappa shape index (κ2) is 7.25. The zero-order valence-electron chi connectivity index (χ0n) is 13.5. The second-order valence-electron chi connectivity index (χ2n) is 6.63. The van der Waals surface area contributed by atoms with Crippen LogP contribution in [0, 0.1) is 5.92 Å². The molecule has 0 radical (unpaired) electrons. The quantitative estimate of drug-likeness (QED) is 0.926. The minimum Gasteiger partial charge on any atom is -0.338 e. The number of piperidine rings is 1. The zero-order valence-corrected chi connectivity index (χ0v) is 13.5. The van der Waals surface area contributed by atoms with Gasteiger partial charge < -0.3 is 10.2 Å². The van der Waals surface area contributed by atoms with E-state index in [1.165, 1.54) is 12.8 Å². The number of likely N-dealkylation sites (tertiary alicyclic amines) is 1. The van der Waals surface area contributed by atoms with E-state index in [1.54, 1.807) is 0 Å². The molecule has 0 aromatic heterocycles. The van der Waals surface area contributed by atoms with Gasteiger partial charge in [-0.2, -0.15) is 0 Å². The molecule has 2 fully saturated rings. The summed E-state index contributed by atoms with van der Waals surface area (Å²) in [6.45, 7) is 7.81. The van der Waals surface area contributed by atoms with Crippen LogP contribution in [0.4, 0.5) is 0 Å². The van der Waals surface area contributed by atoms with Crippen LogP contribution in [0.2, 0.25) is 0 Å². The van der Waals surface area contributed by atoms with Gasteiger partial charge >= 0.3 is 0 Å². The maximum atomic E-state index is 13.2. The molecule has 2 heterocycles. The second-order valence-corrected chi connectivity index (χ2v) is 6.63. The lowest BCUT2D eigenvalue weighted by molar-refractivity contribution is -0.138. The van der Waals surface area contributed by atoms with Crippen molar-refractivity contribution in [2.45, 2.75) is 25.8 Å². The smallest absolute Gasteiger partial charge is 0.244 e. The summed E-state index contributed by atoms with van der Waals surface area (Å²) in [5.41, 5.74) is 1.14. The highest BCUT2D eigenvalue weighted by Crippen LogP contribution is 2.28. The van der Waals surface area contributed by atoms with Crippen LogP contribution in [0.3, 0.4) is 0 Å². The Bertz CT molecular complexity index is 484. The highest BCUT2D eigenvalue weighted by atomic mass is 16.2. The summed E-state index contributed by atoms with van der Waals surface area (Å²) < 4.78 is 0. The summed E-state index contributed by atoms with van der Waals surface area (Å²) in [5, 5.41) is 3.33. The van der Waals surface area contributed by atoms with Gasteiger partial charge in [-0.1, -0.05) is 37.3 Å². The van der Waals surface area contributed by atoms with Crippen molar-refractivity contribution in [2.24, 2.45) is 5.92 Å². The number of amides is 1. The molecule has 2 aliphatic heterocycles. The number of nitrogens with one attached hydrogen (secondary N) is 1. The molecule has 120 valence electrons. The Hall–Kier alpha value is -1.39. The molecule has 22 heavy (non-hydrogen) atoms. The predicted octanol–water partition coefficient (Wildman–Crippen LogP) is 1.89. The molecule has 2 saturated heterocycles. The fourth-order valence-electron chi connectivity index (χ4n) is 3.66. The number of carbonyl (C=O) groups is 1. The monoisotopic (exact) mass is 301 g/mol. The molecule has 0 aliphatic carbocycles. The number of carbonyl (C=O) groups excluding carboxylic acids is 1. The van der Waals surface area contributed by atoms with E-state index in [1.807, 2.05) is 23.1 Å². The standard InChI is InChI=1S/C18H27N3O/c1-15-6-5-11-21(14-15)17(16-7-3-2-4-8-16)18(22)20-12-9-19-10-13-20/h2-4,7-8,15,17,19H,5-6,9-14H2,1H3. The molecule has 0 bridgehead atoms. The molecule has 0 saturated carbocycles. The molecule has 2 unspecified atom stereocenters. The van der Waals surface area contributed by atoms with Crippen molar-refractivity contribution >= 4 is 5.91 Å². The van der Waals surface area contributed by atoms with Crippen molar-refractivity contribution in [3.63, 3.8) is 0 Å². The third-order valence-electron chi connectivity index (χ3n) is 4.83. The topological polar surface area (TPSA) is 35.6 Å². The van der Waals surface area contributed by atoms with E-state index >= 15 is 0 Å². The van der Waals surface area contributed by atoms with E-state index < -0.39 is 0 Å². The summed E-state index contributed by atoms with van der Waals surface area (Å²) in [6, 6.07) is 10.2. The van der Waals surface area contributed by atoms with Gasteiger partial charge in [0.2, 0.25) is 5.91 Å². The highest BCUT2D eigenvalue weighted by Gasteiger charge is 2.33. The summed E-state index contributed by atoms with van der Waals surface area (Å²) in [7, 11) is 0. The maximum Gasteiger partial charge on any atom is 0.244 e. The molecule has 3 rings (SSSR count). The lowest BCUT2D eigenvalue weighted by atomic mass is 9.95. The summed E-state index contributed by atoms with van der Waals surface area (Å²) >= 11 is 0. The van der Waals surface area contributed by atoms with Gasteiger partial charge in [0.25, 0.3) is 0 Å². The van der Waals surface area contributed by atoms with Crippen LogP contribution in [0.15, 0.2) is 30.3 Å². The van der Waals surface area contributed by atoms with Crippen LogP contribution in [0.5, 0.6) is 0 Å². The van der Waals surface area contributed by atoms with Crippen molar-refractivity contribution in [1.82, 2.24) is 15.1 Å². The van der Waals surface area contributed by atoms with Gasteiger partial charge in [0.05, 0.1) is 0 Å². The van der Waals surface area contributed by atoms with Crippen LogP contribution in [0.25, 0.3) is 0 Å². The largest absolute Gasteiger partial charge is 0.338 e. The third-order valence-corrected chi connectivity index (χ3v) is 4.83. The van der Waals surface area contributed by atoms with Crippen molar-refractivity contribution in [3.8, 4) is 0 Å². The van der Waals surface area contributed by atoms with E-state index in [0.29, 0.717) is 5.92 Å². The van der Waals surface area contributed by atoms with Gasteiger partial charge in [-0.05, 0) is 30.9 Å². The first-order chi connectivity index (χ1) is 10.8. The summed E-state index contributed by atoms with van der Waals surface area (Å²) in [4.78, 5) is 17.6. The van der Waals surface area contributed by atoms with Crippen molar-refractivity contribution in [3.05, 3.63) is 35.9 Å². The first kappa shape index (κ1) is 15.5. The fraction of sp³-hybridized carbons (Fsp3) is 0.611. The van der Waals surface area contributed by atoms with Gasteiger partial charge in [-0.3, -0.25) is 9.69 Å². The Labute approximate surface area is 133 Å². The van der Waals surface area contributed by atoms with Crippen molar-refractivity contribution < 1.29 is 4.79 Å². The number of hydrogen-bond donors (Lipinski definition) is 1.